The van der Waals surface area contributed by atoms with Crippen LogP contribution in [0.4, 0.5) is 0 Å². The van der Waals surface area contributed by atoms with E-state index in [1.54, 1.807) is 0 Å². The van der Waals surface area contributed by atoms with Crippen LogP contribution in [0.15, 0.2) is 30.3 Å². The van der Waals surface area contributed by atoms with E-state index in [-0.39, 0.29) is 18.2 Å². The van der Waals surface area contributed by atoms with Gasteiger partial charge in [0.2, 0.25) is 0 Å². The molecule has 2 fully saturated rings. The van der Waals surface area contributed by atoms with Gasteiger partial charge in [0.15, 0.2) is 0 Å². The maximum absolute atomic E-state index is 9.48. The lowest BCUT2D eigenvalue weighted by Gasteiger charge is -2.40. The number of nitrogens with two attached hydrogens (primary N) is 1. The SMILES string of the molecule is NC1CCC2NC1(c1ccccc1)CC2CO. The summed E-state index contributed by atoms with van der Waals surface area (Å²) in [6.45, 7) is 0.263. The fraction of sp³-hybridized carbons (Fsp3) is 0.571. The summed E-state index contributed by atoms with van der Waals surface area (Å²) in [4.78, 5) is 0. The van der Waals surface area contributed by atoms with Gasteiger partial charge in [-0.2, -0.15) is 0 Å². The van der Waals surface area contributed by atoms with Gasteiger partial charge in [-0.25, -0.2) is 0 Å². The van der Waals surface area contributed by atoms with E-state index in [4.69, 9.17) is 5.73 Å². The van der Waals surface area contributed by atoms with Crippen LogP contribution in [-0.2, 0) is 5.54 Å². The van der Waals surface area contributed by atoms with E-state index >= 15 is 0 Å². The molecule has 0 aliphatic carbocycles. The molecule has 0 spiro atoms. The third-order valence-corrected chi connectivity index (χ3v) is 4.54. The molecule has 1 aromatic rings. The number of benzene rings is 1. The van der Waals surface area contributed by atoms with Crippen molar-refractivity contribution in [1.29, 1.82) is 0 Å². The Balaban J connectivity index is 2.00. The van der Waals surface area contributed by atoms with E-state index in [0.717, 1.165) is 19.3 Å². The van der Waals surface area contributed by atoms with Gasteiger partial charge in [-0.05, 0) is 30.7 Å². The van der Waals surface area contributed by atoms with Crippen molar-refractivity contribution in [2.75, 3.05) is 6.61 Å². The summed E-state index contributed by atoms with van der Waals surface area (Å²) in [5.41, 5.74) is 7.51. The Hall–Kier alpha value is -0.900. The van der Waals surface area contributed by atoms with Crippen molar-refractivity contribution in [2.24, 2.45) is 11.7 Å². The number of fused-ring (bicyclic) bond motifs is 2. The molecule has 3 heteroatoms. The van der Waals surface area contributed by atoms with Crippen LogP contribution in [0.2, 0.25) is 0 Å². The van der Waals surface area contributed by atoms with Gasteiger partial charge < -0.3 is 16.2 Å². The second-order valence-corrected chi connectivity index (χ2v) is 5.42. The highest BCUT2D eigenvalue weighted by Crippen LogP contribution is 2.44. The number of piperidine rings is 1. The first kappa shape index (κ1) is 11.2. The fourth-order valence-electron chi connectivity index (χ4n) is 3.58. The van der Waals surface area contributed by atoms with Gasteiger partial charge in [0.1, 0.15) is 0 Å². The Labute approximate surface area is 102 Å². The molecule has 17 heavy (non-hydrogen) atoms. The summed E-state index contributed by atoms with van der Waals surface area (Å²) < 4.78 is 0. The zero-order valence-corrected chi connectivity index (χ0v) is 9.97. The first-order valence-electron chi connectivity index (χ1n) is 6.46. The van der Waals surface area contributed by atoms with Crippen molar-refractivity contribution in [3.8, 4) is 0 Å². The Kier molecular flexibility index (Phi) is 2.69. The molecule has 2 heterocycles. The van der Waals surface area contributed by atoms with Crippen LogP contribution >= 0.6 is 0 Å². The summed E-state index contributed by atoms with van der Waals surface area (Å²) in [5.74, 6) is 0.351. The fourth-order valence-corrected chi connectivity index (χ4v) is 3.58. The number of rotatable bonds is 2. The van der Waals surface area contributed by atoms with Gasteiger partial charge in [0.25, 0.3) is 0 Å². The van der Waals surface area contributed by atoms with Crippen LogP contribution in [0.3, 0.4) is 0 Å². The quantitative estimate of drug-likeness (QED) is 0.712. The molecule has 2 saturated heterocycles. The second kappa shape index (κ2) is 4.09. The van der Waals surface area contributed by atoms with Gasteiger partial charge in [-0.3, -0.25) is 0 Å². The van der Waals surface area contributed by atoms with Gasteiger partial charge in [0.05, 0.1) is 5.54 Å². The standard InChI is InChI=1S/C14H20N2O/c15-13-7-6-12-10(9-17)8-14(13,16-12)11-4-2-1-3-5-11/h1-5,10,12-13,16-17H,6-9,15H2. The van der Waals surface area contributed by atoms with E-state index < -0.39 is 0 Å². The lowest BCUT2D eigenvalue weighted by atomic mass is 9.79. The average molecular weight is 232 g/mol. The summed E-state index contributed by atoms with van der Waals surface area (Å²) in [6, 6.07) is 11.0. The maximum atomic E-state index is 9.48. The Morgan fingerprint density at radius 1 is 1.29 bits per heavy atom. The van der Waals surface area contributed by atoms with Crippen LogP contribution in [0.5, 0.6) is 0 Å². The van der Waals surface area contributed by atoms with Crippen molar-refractivity contribution >= 4 is 0 Å². The summed E-state index contributed by atoms with van der Waals surface area (Å²) in [6.07, 6.45) is 3.09. The van der Waals surface area contributed by atoms with E-state index in [9.17, 15) is 5.11 Å². The van der Waals surface area contributed by atoms with Gasteiger partial charge in [-0.15, -0.1) is 0 Å². The van der Waals surface area contributed by atoms with Crippen LogP contribution in [0.1, 0.15) is 24.8 Å². The number of aliphatic hydroxyl groups is 1. The highest BCUT2D eigenvalue weighted by atomic mass is 16.3. The average Bonchev–Trinajstić information content (AvgIpc) is 2.71. The van der Waals surface area contributed by atoms with Gasteiger partial charge >= 0.3 is 0 Å². The summed E-state index contributed by atoms with van der Waals surface area (Å²) in [7, 11) is 0. The van der Waals surface area contributed by atoms with Crippen molar-refractivity contribution in [2.45, 2.75) is 36.9 Å². The van der Waals surface area contributed by atoms with Crippen molar-refractivity contribution in [3.63, 3.8) is 0 Å². The Bertz CT molecular complexity index is 394. The highest BCUT2D eigenvalue weighted by Gasteiger charge is 2.51. The molecular weight excluding hydrogens is 212 g/mol. The minimum absolute atomic E-state index is 0.114. The summed E-state index contributed by atoms with van der Waals surface area (Å²) in [5, 5.41) is 13.2. The molecule has 4 atom stereocenters. The minimum Gasteiger partial charge on any atom is -0.396 e. The number of hydrogen-bond acceptors (Lipinski definition) is 3. The van der Waals surface area contributed by atoms with Crippen molar-refractivity contribution in [3.05, 3.63) is 35.9 Å². The molecule has 0 amide bonds. The third kappa shape index (κ3) is 1.61. The molecular formula is C14H20N2O. The van der Waals surface area contributed by atoms with Crippen molar-refractivity contribution in [1.82, 2.24) is 5.32 Å². The molecule has 4 N–H and O–H groups in total. The molecule has 0 aromatic heterocycles. The van der Waals surface area contributed by atoms with E-state index in [1.807, 2.05) is 6.07 Å². The van der Waals surface area contributed by atoms with E-state index in [1.165, 1.54) is 5.56 Å². The predicted molar refractivity (Wildman–Crippen MR) is 67.4 cm³/mol. The molecule has 3 nitrogen and oxygen atoms in total. The molecule has 0 saturated carbocycles. The molecule has 3 rings (SSSR count). The Morgan fingerprint density at radius 2 is 2.06 bits per heavy atom. The predicted octanol–water partition coefficient (Wildman–Crippen LogP) is 0.973. The van der Waals surface area contributed by atoms with E-state index in [2.05, 4.69) is 29.6 Å². The second-order valence-electron chi connectivity index (χ2n) is 5.42. The van der Waals surface area contributed by atoms with Crippen LogP contribution in [0, 0.1) is 5.92 Å². The lowest BCUT2D eigenvalue weighted by molar-refractivity contribution is 0.209. The molecule has 0 radical (unpaired) electrons. The number of nitrogens with one attached hydrogen (secondary N) is 1. The number of aliphatic hydroxyl groups excluding tert-OH is 1. The van der Waals surface area contributed by atoms with Crippen molar-refractivity contribution < 1.29 is 5.11 Å². The lowest BCUT2D eigenvalue weighted by Crippen LogP contribution is -2.57. The molecule has 2 aliphatic rings. The molecule has 2 aliphatic heterocycles. The Morgan fingerprint density at radius 3 is 2.76 bits per heavy atom. The maximum Gasteiger partial charge on any atom is 0.0594 e. The zero-order chi connectivity index (χ0) is 11.9. The topological polar surface area (TPSA) is 58.3 Å². The van der Waals surface area contributed by atoms with Crippen LogP contribution < -0.4 is 11.1 Å². The molecule has 4 unspecified atom stereocenters. The third-order valence-electron chi connectivity index (χ3n) is 4.54. The first-order chi connectivity index (χ1) is 8.26. The largest absolute Gasteiger partial charge is 0.396 e. The van der Waals surface area contributed by atoms with Gasteiger partial charge in [-0.1, -0.05) is 30.3 Å². The normalized spacial score (nSPS) is 40.5. The van der Waals surface area contributed by atoms with Crippen LogP contribution in [-0.4, -0.2) is 23.8 Å². The molecule has 2 bridgehead atoms. The molecule has 92 valence electrons. The van der Waals surface area contributed by atoms with E-state index in [0.29, 0.717) is 12.0 Å². The smallest absolute Gasteiger partial charge is 0.0594 e. The van der Waals surface area contributed by atoms with Gasteiger partial charge in [0, 0.05) is 18.7 Å². The monoisotopic (exact) mass is 232 g/mol. The summed E-state index contributed by atoms with van der Waals surface area (Å²) >= 11 is 0. The molecule has 1 aromatic carbocycles. The zero-order valence-electron chi connectivity index (χ0n) is 9.97. The highest BCUT2D eigenvalue weighted by molar-refractivity contribution is 5.30. The number of hydrogen-bond donors (Lipinski definition) is 3. The van der Waals surface area contributed by atoms with Crippen LogP contribution in [0.25, 0.3) is 0 Å². The minimum atomic E-state index is -0.114. The first-order valence-corrected chi connectivity index (χ1v) is 6.46.